The van der Waals surface area contributed by atoms with Gasteiger partial charge in [-0.3, -0.25) is 4.79 Å². The van der Waals surface area contributed by atoms with Crippen LogP contribution in [-0.2, 0) is 4.79 Å². The molecule has 0 aromatic heterocycles. The molecule has 6 nitrogen and oxygen atoms in total. The van der Waals surface area contributed by atoms with Gasteiger partial charge in [-0.15, -0.1) is 0 Å². The summed E-state index contributed by atoms with van der Waals surface area (Å²) >= 11 is 10.5. The minimum absolute atomic E-state index is 0.0523. The predicted octanol–water partition coefficient (Wildman–Crippen LogP) is 4.72. The van der Waals surface area contributed by atoms with Crippen LogP contribution in [0, 0.1) is 0 Å². The van der Waals surface area contributed by atoms with Crippen molar-refractivity contribution < 1.29 is 19.4 Å². The number of phenols is 1. The summed E-state index contributed by atoms with van der Waals surface area (Å²) in [5, 5.41) is 13.8. The number of halogens is 2. The number of nitrogens with one attached hydrogen (secondary N) is 1. The summed E-state index contributed by atoms with van der Waals surface area (Å²) in [5.74, 6) is 0.465. The average Bonchev–Trinajstić information content (AvgIpc) is 2.97. The molecule has 1 heterocycles. The zero-order chi connectivity index (χ0) is 19.6. The van der Waals surface area contributed by atoms with E-state index < -0.39 is 0 Å². The van der Waals surface area contributed by atoms with Gasteiger partial charge < -0.3 is 19.9 Å². The van der Waals surface area contributed by atoms with Gasteiger partial charge >= 0.3 is 0 Å². The number of ether oxygens (including phenoxy) is 2. The van der Waals surface area contributed by atoms with E-state index in [1.54, 1.807) is 36.4 Å². The normalized spacial score (nSPS) is 16.7. The van der Waals surface area contributed by atoms with Gasteiger partial charge in [0.05, 0.1) is 19.1 Å². The number of phenolic OH excluding ortho intramolecular Hbond substituents is 1. The first kappa shape index (κ1) is 19.6. The van der Waals surface area contributed by atoms with Crippen molar-refractivity contribution in [1.82, 2.24) is 5.32 Å². The lowest BCUT2D eigenvalue weighted by Gasteiger charge is -2.07. The van der Waals surface area contributed by atoms with Crippen LogP contribution < -0.4 is 14.8 Å². The number of benzene rings is 2. The molecule has 3 rings (SSSR count). The van der Waals surface area contributed by atoms with E-state index in [1.165, 1.54) is 14.2 Å². The molecule has 2 aromatic rings. The maximum absolute atomic E-state index is 12.3. The third kappa shape index (κ3) is 4.40. The minimum atomic E-state index is -0.321. The summed E-state index contributed by atoms with van der Waals surface area (Å²) in [4.78, 5) is 17.1. The number of nitrogens with zero attached hydrogens (tertiary/aromatic N) is 1. The summed E-state index contributed by atoms with van der Waals surface area (Å²) < 4.78 is 11.1. The molecule has 0 bridgehead atoms. The molecule has 27 heavy (non-hydrogen) atoms. The third-order valence-corrected chi connectivity index (χ3v) is 5.19. The first-order chi connectivity index (χ1) is 12.9. The van der Waals surface area contributed by atoms with Crippen LogP contribution in [0.3, 0.4) is 0 Å². The molecule has 1 aliphatic rings. The van der Waals surface area contributed by atoms with E-state index in [0.29, 0.717) is 42.3 Å². The van der Waals surface area contributed by atoms with Crippen molar-refractivity contribution in [3.8, 4) is 17.2 Å². The van der Waals surface area contributed by atoms with E-state index in [1.807, 2.05) is 0 Å². The molecule has 1 fully saturated rings. The number of carbonyl (C=O) groups excluding carboxylic acids is 1. The highest BCUT2D eigenvalue weighted by atomic mass is 79.9. The second-order valence-corrected chi connectivity index (χ2v) is 7.73. The molecule has 0 atom stereocenters. The number of hydrogen-bond acceptors (Lipinski definition) is 6. The number of aromatic hydroxyl groups is 1. The SMILES string of the molecule is COc1ccc(Cl)cc1N=C1NC(=O)/C(=C/c2cc(Br)cc(OC)c2O)S1. The van der Waals surface area contributed by atoms with Crippen molar-refractivity contribution in [2.45, 2.75) is 0 Å². The van der Waals surface area contributed by atoms with Crippen LogP contribution in [-0.4, -0.2) is 30.4 Å². The van der Waals surface area contributed by atoms with Crippen molar-refractivity contribution in [2.75, 3.05) is 14.2 Å². The number of thioether (sulfide) groups is 1. The lowest BCUT2D eigenvalue weighted by atomic mass is 10.1. The van der Waals surface area contributed by atoms with Crippen molar-refractivity contribution in [3.63, 3.8) is 0 Å². The van der Waals surface area contributed by atoms with E-state index in [-0.39, 0.29) is 11.7 Å². The molecule has 0 unspecified atom stereocenters. The highest BCUT2D eigenvalue weighted by Gasteiger charge is 2.25. The minimum Gasteiger partial charge on any atom is -0.504 e. The molecule has 1 aliphatic heterocycles. The standard InChI is InChI=1S/C18H14BrClN2O4S/c1-25-13-4-3-11(20)8-12(13)21-18-22-17(24)15(27-18)6-9-5-10(19)7-14(26-2)16(9)23/h3-8,23H,1-2H3,(H,21,22,24)/b15-6-. The van der Waals surface area contributed by atoms with Crippen LogP contribution >= 0.6 is 39.3 Å². The van der Waals surface area contributed by atoms with Gasteiger partial charge in [-0.1, -0.05) is 27.5 Å². The Kier molecular flexibility index (Phi) is 5.98. The number of carbonyl (C=O) groups is 1. The van der Waals surface area contributed by atoms with E-state index in [4.69, 9.17) is 21.1 Å². The van der Waals surface area contributed by atoms with Crippen LogP contribution in [0.1, 0.15) is 5.56 Å². The summed E-state index contributed by atoms with van der Waals surface area (Å²) in [6.45, 7) is 0. The van der Waals surface area contributed by atoms with Crippen LogP contribution in [0.15, 0.2) is 44.7 Å². The number of aliphatic imine (C=N–C) groups is 1. The maximum Gasteiger partial charge on any atom is 0.264 e. The Morgan fingerprint density at radius 3 is 2.67 bits per heavy atom. The second-order valence-electron chi connectivity index (χ2n) is 5.34. The topological polar surface area (TPSA) is 80.2 Å². The van der Waals surface area contributed by atoms with Gasteiger partial charge in [0.15, 0.2) is 16.7 Å². The Bertz CT molecular complexity index is 978. The van der Waals surface area contributed by atoms with Crippen LogP contribution in [0.2, 0.25) is 5.02 Å². The zero-order valence-corrected chi connectivity index (χ0v) is 17.4. The Labute approximate surface area is 173 Å². The first-order valence-corrected chi connectivity index (χ1v) is 9.59. The van der Waals surface area contributed by atoms with E-state index in [9.17, 15) is 9.90 Å². The van der Waals surface area contributed by atoms with Crippen molar-refractivity contribution in [3.05, 3.63) is 50.3 Å². The van der Waals surface area contributed by atoms with Crippen molar-refractivity contribution in [2.24, 2.45) is 4.99 Å². The molecule has 0 radical (unpaired) electrons. The average molecular weight is 470 g/mol. The molecule has 2 aromatic carbocycles. The molecule has 140 valence electrons. The van der Waals surface area contributed by atoms with Gasteiger partial charge in [-0.2, -0.15) is 0 Å². The number of methoxy groups -OCH3 is 2. The van der Waals surface area contributed by atoms with Crippen molar-refractivity contribution >= 4 is 62.1 Å². The van der Waals surface area contributed by atoms with Gasteiger partial charge in [0.25, 0.3) is 5.91 Å². The third-order valence-electron chi connectivity index (χ3n) is 3.59. The molecular formula is C18H14BrClN2O4S. The number of amidine groups is 1. The molecule has 0 spiro atoms. The predicted molar refractivity (Wildman–Crippen MR) is 111 cm³/mol. The fraction of sp³-hybridized carbons (Fsp3) is 0.111. The van der Waals surface area contributed by atoms with Gasteiger partial charge in [-0.05, 0) is 48.2 Å². The molecule has 1 amide bonds. The Hall–Kier alpha value is -2.16. The van der Waals surface area contributed by atoms with Crippen LogP contribution in [0.25, 0.3) is 6.08 Å². The largest absolute Gasteiger partial charge is 0.504 e. The highest BCUT2D eigenvalue weighted by molar-refractivity contribution is 9.10. The highest BCUT2D eigenvalue weighted by Crippen LogP contribution is 2.38. The summed E-state index contributed by atoms with van der Waals surface area (Å²) in [5.41, 5.74) is 0.946. The fourth-order valence-electron chi connectivity index (χ4n) is 2.34. The molecule has 0 saturated carbocycles. The van der Waals surface area contributed by atoms with Gasteiger partial charge in [0.2, 0.25) is 0 Å². The van der Waals surface area contributed by atoms with Crippen LogP contribution in [0.5, 0.6) is 17.2 Å². The van der Waals surface area contributed by atoms with E-state index in [2.05, 4.69) is 26.2 Å². The van der Waals surface area contributed by atoms with Gasteiger partial charge in [-0.25, -0.2) is 4.99 Å². The van der Waals surface area contributed by atoms with E-state index >= 15 is 0 Å². The Morgan fingerprint density at radius 1 is 1.22 bits per heavy atom. The lowest BCUT2D eigenvalue weighted by molar-refractivity contribution is -0.115. The van der Waals surface area contributed by atoms with Gasteiger partial charge in [0, 0.05) is 15.1 Å². The fourth-order valence-corrected chi connectivity index (χ4v) is 3.79. The Balaban J connectivity index is 1.94. The van der Waals surface area contributed by atoms with Gasteiger partial charge in [0.1, 0.15) is 11.4 Å². The molecule has 1 saturated heterocycles. The number of hydrogen-bond donors (Lipinski definition) is 2. The zero-order valence-electron chi connectivity index (χ0n) is 14.2. The molecule has 9 heteroatoms. The quantitative estimate of drug-likeness (QED) is 0.634. The summed E-state index contributed by atoms with van der Waals surface area (Å²) in [7, 11) is 2.99. The smallest absolute Gasteiger partial charge is 0.264 e. The maximum atomic E-state index is 12.3. The van der Waals surface area contributed by atoms with E-state index in [0.717, 1.165) is 11.8 Å². The molecule has 2 N–H and O–H groups in total. The lowest BCUT2D eigenvalue weighted by Crippen LogP contribution is -2.19. The number of amides is 1. The monoisotopic (exact) mass is 468 g/mol. The summed E-state index contributed by atoms with van der Waals surface area (Å²) in [6.07, 6.45) is 1.57. The van der Waals surface area contributed by atoms with Crippen molar-refractivity contribution in [1.29, 1.82) is 0 Å². The number of rotatable bonds is 4. The molecular weight excluding hydrogens is 456 g/mol. The second kappa shape index (κ2) is 8.24. The first-order valence-electron chi connectivity index (χ1n) is 7.61. The Morgan fingerprint density at radius 2 is 1.96 bits per heavy atom. The molecule has 0 aliphatic carbocycles. The summed E-state index contributed by atoms with van der Waals surface area (Å²) in [6, 6.07) is 8.36. The van der Waals surface area contributed by atoms with Crippen LogP contribution in [0.4, 0.5) is 5.69 Å².